The maximum Gasteiger partial charge on any atom is 0.170 e. The van der Waals surface area contributed by atoms with Gasteiger partial charge < -0.3 is 15.2 Å². The largest absolute Gasteiger partial charge is 0.399 e. The number of hydrogen-bond donors (Lipinski definition) is 1. The molecule has 104 valence electrons. The molecule has 2 aliphatic heterocycles. The predicted molar refractivity (Wildman–Crippen MR) is 74.7 cm³/mol. The van der Waals surface area contributed by atoms with Crippen LogP contribution in [0.1, 0.15) is 24.0 Å². The molecule has 1 aromatic carbocycles. The molecule has 0 aromatic heterocycles. The summed E-state index contributed by atoms with van der Waals surface area (Å²) < 4.78 is 11.5. The van der Waals surface area contributed by atoms with Crippen molar-refractivity contribution in [1.29, 1.82) is 0 Å². The quantitative estimate of drug-likeness (QED) is 0.827. The van der Waals surface area contributed by atoms with Gasteiger partial charge in [0.1, 0.15) is 0 Å². The van der Waals surface area contributed by atoms with Gasteiger partial charge in [-0.3, -0.25) is 4.90 Å². The molecule has 0 amide bonds. The van der Waals surface area contributed by atoms with Gasteiger partial charge in [0, 0.05) is 38.2 Å². The molecule has 2 aliphatic rings. The highest BCUT2D eigenvalue weighted by Gasteiger charge is 2.39. The molecule has 0 aliphatic carbocycles. The van der Waals surface area contributed by atoms with Crippen LogP contribution in [-0.2, 0) is 16.0 Å². The Kier molecular flexibility index (Phi) is 3.48. The second-order valence-corrected chi connectivity index (χ2v) is 5.52. The topological polar surface area (TPSA) is 47.7 Å². The van der Waals surface area contributed by atoms with Crippen molar-refractivity contribution in [2.75, 3.05) is 32.0 Å². The number of nitrogens with zero attached hydrogens (tertiary/aromatic N) is 1. The molecular weight excluding hydrogens is 240 g/mol. The van der Waals surface area contributed by atoms with Crippen LogP contribution in [0.4, 0.5) is 5.69 Å². The highest BCUT2D eigenvalue weighted by Crippen LogP contribution is 2.32. The van der Waals surface area contributed by atoms with Crippen LogP contribution in [-0.4, -0.2) is 37.0 Å². The fraction of sp³-hybridized carbons (Fsp3) is 0.600. The molecule has 4 nitrogen and oxygen atoms in total. The van der Waals surface area contributed by atoms with Gasteiger partial charge in [-0.25, -0.2) is 0 Å². The van der Waals surface area contributed by atoms with Crippen molar-refractivity contribution in [3.63, 3.8) is 0 Å². The van der Waals surface area contributed by atoms with Crippen LogP contribution in [0.3, 0.4) is 0 Å². The van der Waals surface area contributed by atoms with Gasteiger partial charge >= 0.3 is 0 Å². The second-order valence-electron chi connectivity index (χ2n) is 5.52. The Bertz CT molecular complexity index is 445. The predicted octanol–water partition coefficient (Wildman–Crippen LogP) is 1.92. The molecule has 1 aromatic rings. The van der Waals surface area contributed by atoms with Crippen LogP contribution in [0, 0.1) is 6.92 Å². The number of ether oxygens (including phenoxy) is 2. The lowest BCUT2D eigenvalue weighted by Crippen LogP contribution is -2.44. The number of anilines is 1. The molecule has 0 saturated carbocycles. The summed E-state index contributed by atoms with van der Waals surface area (Å²) in [6.07, 6.45) is 1.93. The SMILES string of the molecule is Cc1c(N)cccc1CN1CCC2(CC1)OCCO2. The second kappa shape index (κ2) is 5.12. The zero-order valence-electron chi connectivity index (χ0n) is 11.5. The normalized spacial score (nSPS) is 23.0. The van der Waals surface area contributed by atoms with Crippen molar-refractivity contribution in [3.8, 4) is 0 Å². The lowest BCUT2D eigenvalue weighted by atomic mass is 10.0. The molecule has 0 bridgehead atoms. The maximum atomic E-state index is 5.96. The van der Waals surface area contributed by atoms with Crippen LogP contribution in [0.2, 0.25) is 0 Å². The Morgan fingerprint density at radius 3 is 2.58 bits per heavy atom. The fourth-order valence-electron chi connectivity index (χ4n) is 2.95. The average molecular weight is 262 g/mol. The van der Waals surface area contributed by atoms with E-state index in [1.165, 1.54) is 11.1 Å². The monoisotopic (exact) mass is 262 g/mol. The first-order valence-electron chi connectivity index (χ1n) is 7.03. The zero-order chi connectivity index (χ0) is 13.3. The summed E-state index contributed by atoms with van der Waals surface area (Å²) in [5.41, 5.74) is 9.37. The van der Waals surface area contributed by atoms with Gasteiger partial charge in [0.15, 0.2) is 5.79 Å². The average Bonchev–Trinajstić information content (AvgIpc) is 2.86. The molecule has 3 rings (SSSR count). The van der Waals surface area contributed by atoms with E-state index in [9.17, 15) is 0 Å². The lowest BCUT2D eigenvalue weighted by Gasteiger charge is -2.37. The molecule has 19 heavy (non-hydrogen) atoms. The summed E-state index contributed by atoms with van der Waals surface area (Å²) in [6.45, 7) is 6.59. The molecule has 2 N–H and O–H groups in total. The minimum Gasteiger partial charge on any atom is -0.399 e. The van der Waals surface area contributed by atoms with E-state index in [0.29, 0.717) is 0 Å². The van der Waals surface area contributed by atoms with Gasteiger partial charge in [-0.15, -0.1) is 0 Å². The molecule has 0 radical (unpaired) electrons. The Labute approximate surface area is 114 Å². The minimum absolute atomic E-state index is 0.277. The van der Waals surface area contributed by atoms with Crippen LogP contribution in [0.5, 0.6) is 0 Å². The molecular formula is C15H22N2O2. The highest BCUT2D eigenvalue weighted by atomic mass is 16.7. The van der Waals surface area contributed by atoms with Gasteiger partial charge in [0.2, 0.25) is 0 Å². The van der Waals surface area contributed by atoms with E-state index in [-0.39, 0.29) is 5.79 Å². The summed E-state index contributed by atoms with van der Waals surface area (Å²) in [7, 11) is 0. The zero-order valence-corrected chi connectivity index (χ0v) is 11.5. The third kappa shape index (κ3) is 2.61. The molecule has 0 unspecified atom stereocenters. The minimum atomic E-state index is -0.277. The van der Waals surface area contributed by atoms with Crippen molar-refractivity contribution in [3.05, 3.63) is 29.3 Å². The Hall–Kier alpha value is -1.10. The van der Waals surface area contributed by atoms with Crippen LogP contribution >= 0.6 is 0 Å². The van der Waals surface area contributed by atoms with E-state index >= 15 is 0 Å². The van der Waals surface area contributed by atoms with E-state index in [4.69, 9.17) is 15.2 Å². The van der Waals surface area contributed by atoms with E-state index in [0.717, 1.165) is 51.4 Å². The summed E-state index contributed by atoms with van der Waals surface area (Å²) in [5.74, 6) is -0.277. The van der Waals surface area contributed by atoms with Crippen molar-refractivity contribution in [2.45, 2.75) is 32.1 Å². The molecule has 2 fully saturated rings. The van der Waals surface area contributed by atoms with Crippen LogP contribution in [0.25, 0.3) is 0 Å². The molecule has 0 atom stereocenters. The first-order chi connectivity index (χ1) is 9.19. The Morgan fingerprint density at radius 1 is 1.21 bits per heavy atom. The standard InChI is InChI=1S/C15H22N2O2/c1-12-13(3-2-4-14(12)16)11-17-7-5-15(6-8-17)18-9-10-19-15/h2-4H,5-11,16H2,1H3. The number of hydrogen-bond acceptors (Lipinski definition) is 4. The van der Waals surface area contributed by atoms with Crippen LogP contribution < -0.4 is 5.73 Å². The van der Waals surface area contributed by atoms with Gasteiger partial charge in [0.05, 0.1) is 13.2 Å². The van der Waals surface area contributed by atoms with Crippen molar-refractivity contribution < 1.29 is 9.47 Å². The Balaban J connectivity index is 1.61. The molecule has 2 heterocycles. The summed E-state index contributed by atoms with van der Waals surface area (Å²) in [6, 6.07) is 6.16. The molecule has 1 spiro atoms. The maximum absolute atomic E-state index is 5.96. The van der Waals surface area contributed by atoms with Crippen molar-refractivity contribution in [2.24, 2.45) is 0 Å². The van der Waals surface area contributed by atoms with Crippen molar-refractivity contribution in [1.82, 2.24) is 4.90 Å². The highest BCUT2D eigenvalue weighted by molar-refractivity contribution is 5.49. The first kappa shape index (κ1) is 12.9. The number of piperidine rings is 1. The van der Waals surface area contributed by atoms with E-state index < -0.39 is 0 Å². The summed E-state index contributed by atoms with van der Waals surface area (Å²) in [5, 5.41) is 0. The lowest BCUT2D eigenvalue weighted by molar-refractivity contribution is -0.185. The summed E-state index contributed by atoms with van der Waals surface area (Å²) >= 11 is 0. The Morgan fingerprint density at radius 2 is 1.89 bits per heavy atom. The van der Waals surface area contributed by atoms with Crippen LogP contribution in [0.15, 0.2) is 18.2 Å². The molecule has 2 saturated heterocycles. The smallest absolute Gasteiger partial charge is 0.170 e. The number of benzene rings is 1. The van der Waals surface area contributed by atoms with E-state index in [1.807, 2.05) is 12.1 Å². The molecule has 4 heteroatoms. The fourth-order valence-corrected chi connectivity index (χ4v) is 2.95. The van der Waals surface area contributed by atoms with E-state index in [2.05, 4.69) is 17.9 Å². The third-order valence-electron chi connectivity index (χ3n) is 4.31. The number of rotatable bonds is 2. The third-order valence-corrected chi connectivity index (χ3v) is 4.31. The van der Waals surface area contributed by atoms with Gasteiger partial charge in [-0.2, -0.15) is 0 Å². The van der Waals surface area contributed by atoms with E-state index in [1.54, 1.807) is 0 Å². The van der Waals surface area contributed by atoms with Crippen molar-refractivity contribution >= 4 is 5.69 Å². The number of nitrogen functional groups attached to an aromatic ring is 1. The number of nitrogens with two attached hydrogens (primary N) is 1. The van der Waals surface area contributed by atoms with Gasteiger partial charge in [-0.1, -0.05) is 12.1 Å². The first-order valence-corrected chi connectivity index (χ1v) is 7.03. The van der Waals surface area contributed by atoms with Gasteiger partial charge in [0.25, 0.3) is 0 Å². The van der Waals surface area contributed by atoms with Gasteiger partial charge in [-0.05, 0) is 24.1 Å². The number of likely N-dealkylation sites (tertiary alicyclic amines) is 1. The summed E-state index contributed by atoms with van der Waals surface area (Å²) in [4.78, 5) is 2.46.